The van der Waals surface area contributed by atoms with Crippen molar-refractivity contribution in [1.82, 2.24) is 25.0 Å². The maximum Gasteiger partial charge on any atom is 0.227 e. The van der Waals surface area contributed by atoms with Crippen LogP contribution in [0.3, 0.4) is 0 Å². The molecule has 3 aromatic heterocycles. The molecule has 0 bridgehead atoms. The zero-order valence-electron chi connectivity index (χ0n) is 17.1. The first kappa shape index (κ1) is 19.2. The predicted octanol–water partition coefficient (Wildman–Crippen LogP) is 3.75. The number of amides is 1. The van der Waals surface area contributed by atoms with Gasteiger partial charge in [0.05, 0.1) is 29.4 Å². The fraction of sp³-hybridized carbons (Fsp3) is 0.409. The number of carbonyl (C=O) groups is 1. The molecular formula is C22H25N5O2. The van der Waals surface area contributed by atoms with Crippen molar-refractivity contribution in [3.63, 3.8) is 0 Å². The van der Waals surface area contributed by atoms with Crippen LogP contribution < -0.4 is 0 Å². The van der Waals surface area contributed by atoms with E-state index in [1.165, 1.54) is 0 Å². The number of aryl methyl sites for hydroxylation is 3. The molecule has 1 fully saturated rings. The Bertz CT molecular complexity index is 996. The third kappa shape index (κ3) is 4.04. The van der Waals surface area contributed by atoms with Crippen molar-refractivity contribution in [2.75, 3.05) is 6.54 Å². The second kappa shape index (κ2) is 8.11. The Labute approximate surface area is 170 Å². The topological polar surface area (TPSA) is 85.0 Å². The summed E-state index contributed by atoms with van der Waals surface area (Å²) in [5, 5.41) is 4.05. The molecule has 4 heterocycles. The van der Waals surface area contributed by atoms with Crippen LogP contribution in [-0.4, -0.2) is 37.5 Å². The van der Waals surface area contributed by atoms with E-state index in [0.717, 1.165) is 59.8 Å². The van der Waals surface area contributed by atoms with Crippen LogP contribution in [0.15, 0.2) is 35.1 Å². The average molecular weight is 391 g/mol. The van der Waals surface area contributed by atoms with E-state index in [2.05, 4.69) is 10.1 Å². The summed E-state index contributed by atoms with van der Waals surface area (Å²) in [5.41, 5.74) is 4.30. The summed E-state index contributed by atoms with van der Waals surface area (Å²) in [7, 11) is 0. The van der Waals surface area contributed by atoms with Crippen molar-refractivity contribution >= 4 is 5.91 Å². The molecule has 150 valence electrons. The van der Waals surface area contributed by atoms with Crippen molar-refractivity contribution in [3.8, 4) is 11.3 Å². The highest BCUT2D eigenvalue weighted by Gasteiger charge is 2.30. The fourth-order valence-corrected chi connectivity index (χ4v) is 3.99. The summed E-state index contributed by atoms with van der Waals surface area (Å²) in [6, 6.07) is 5.62. The van der Waals surface area contributed by atoms with E-state index in [9.17, 15) is 4.79 Å². The summed E-state index contributed by atoms with van der Waals surface area (Å²) in [4.78, 5) is 28.7. The summed E-state index contributed by atoms with van der Waals surface area (Å²) in [6.07, 6.45) is 6.72. The zero-order chi connectivity index (χ0) is 20.4. The van der Waals surface area contributed by atoms with Gasteiger partial charge in [-0.05, 0) is 57.7 Å². The van der Waals surface area contributed by atoms with Gasteiger partial charge < -0.3 is 9.42 Å². The second-order valence-electron chi connectivity index (χ2n) is 7.59. The molecule has 1 aliphatic rings. The van der Waals surface area contributed by atoms with Gasteiger partial charge in [0, 0.05) is 24.6 Å². The summed E-state index contributed by atoms with van der Waals surface area (Å²) >= 11 is 0. The normalized spacial score (nSPS) is 16.8. The van der Waals surface area contributed by atoms with Gasteiger partial charge in [-0.25, -0.2) is 9.97 Å². The minimum Gasteiger partial charge on any atom is -0.361 e. The number of hydrogen-bond donors (Lipinski definition) is 0. The first-order valence-electron chi connectivity index (χ1n) is 10.00. The molecule has 3 aromatic rings. The molecule has 0 spiro atoms. The Morgan fingerprint density at radius 2 is 2.10 bits per heavy atom. The van der Waals surface area contributed by atoms with Gasteiger partial charge in [-0.3, -0.25) is 9.78 Å². The molecular weight excluding hydrogens is 366 g/mol. The lowest BCUT2D eigenvalue weighted by Gasteiger charge is -2.35. The van der Waals surface area contributed by atoms with Crippen molar-refractivity contribution in [1.29, 1.82) is 0 Å². The number of likely N-dealkylation sites (tertiary alicyclic amines) is 1. The lowest BCUT2D eigenvalue weighted by molar-refractivity contribution is -0.134. The molecule has 7 nitrogen and oxygen atoms in total. The van der Waals surface area contributed by atoms with E-state index in [-0.39, 0.29) is 11.9 Å². The molecule has 1 saturated heterocycles. The van der Waals surface area contributed by atoms with E-state index < -0.39 is 0 Å². The van der Waals surface area contributed by atoms with Crippen molar-refractivity contribution in [2.24, 2.45) is 0 Å². The van der Waals surface area contributed by atoms with Gasteiger partial charge in [0.15, 0.2) is 5.82 Å². The van der Waals surface area contributed by atoms with Crippen LogP contribution in [-0.2, 0) is 11.2 Å². The molecule has 1 aliphatic heterocycles. The predicted molar refractivity (Wildman–Crippen MR) is 108 cm³/mol. The Hall–Kier alpha value is -3.09. The molecule has 1 atom stereocenters. The fourth-order valence-electron chi connectivity index (χ4n) is 3.99. The maximum absolute atomic E-state index is 13.1. The second-order valence-corrected chi connectivity index (χ2v) is 7.59. The quantitative estimate of drug-likeness (QED) is 0.673. The Morgan fingerprint density at radius 1 is 1.24 bits per heavy atom. The van der Waals surface area contributed by atoms with Crippen LogP contribution in [0.4, 0.5) is 0 Å². The highest BCUT2D eigenvalue weighted by molar-refractivity contribution is 5.79. The van der Waals surface area contributed by atoms with E-state index in [1.807, 2.05) is 43.9 Å². The molecule has 0 aromatic carbocycles. The van der Waals surface area contributed by atoms with E-state index >= 15 is 0 Å². The molecule has 0 saturated carbocycles. The van der Waals surface area contributed by atoms with Crippen LogP contribution in [0.2, 0.25) is 0 Å². The largest absolute Gasteiger partial charge is 0.361 e. The molecule has 29 heavy (non-hydrogen) atoms. The van der Waals surface area contributed by atoms with Gasteiger partial charge in [0.25, 0.3) is 0 Å². The summed E-state index contributed by atoms with van der Waals surface area (Å²) in [5.74, 6) is 1.52. The third-order valence-electron chi connectivity index (χ3n) is 5.36. The van der Waals surface area contributed by atoms with Gasteiger partial charge in [-0.15, -0.1) is 0 Å². The SMILES string of the molecule is Cc1cc(-c2c(C)noc2C)nc(C2CCCCN2C(=O)Cc2cccnc2)n1. The zero-order valence-corrected chi connectivity index (χ0v) is 17.1. The number of pyridine rings is 1. The lowest BCUT2D eigenvalue weighted by atomic mass is 9.99. The first-order chi connectivity index (χ1) is 14.0. The van der Waals surface area contributed by atoms with Crippen molar-refractivity contribution in [2.45, 2.75) is 52.5 Å². The van der Waals surface area contributed by atoms with E-state index in [4.69, 9.17) is 14.5 Å². The summed E-state index contributed by atoms with van der Waals surface area (Å²) in [6.45, 7) is 6.48. The highest BCUT2D eigenvalue weighted by atomic mass is 16.5. The number of nitrogens with zero attached hydrogens (tertiary/aromatic N) is 5. The number of carbonyl (C=O) groups excluding carboxylic acids is 1. The van der Waals surface area contributed by atoms with Gasteiger partial charge >= 0.3 is 0 Å². The van der Waals surface area contributed by atoms with Crippen LogP contribution >= 0.6 is 0 Å². The molecule has 0 N–H and O–H groups in total. The smallest absolute Gasteiger partial charge is 0.227 e. The van der Waals surface area contributed by atoms with Crippen LogP contribution in [0.5, 0.6) is 0 Å². The van der Waals surface area contributed by atoms with Crippen molar-refractivity contribution in [3.05, 3.63) is 59.1 Å². The standard InChI is InChI=1S/C22H25N5O2/c1-14-11-18(21-15(2)26-29-16(21)3)25-22(24-14)19-8-4-5-10-27(19)20(28)12-17-7-6-9-23-13-17/h6-7,9,11,13,19H,4-5,8,10,12H2,1-3H3. The highest BCUT2D eigenvalue weighted by Crippen LogP contribution is 2.32. The van der Waals surface area contributed by atoms with Gasteiger partial charge in [0.1, 0.15) is 5.76 Å². The van der Waals surface area contributed by atoms with Gasteiger partial charge in [-0.2, -0.15) is 0 Å². The minimum absolute atomic E-state index is 0.0895. The molecule has 7 heteroatoms. The number of rotatable bonds is 4. The number of piperidine rings is 1. The molecule has 1 unspecified atom stereocenters. The summed E-state index contributed by atoms with van der Waals surface area (Å²) < 4.78 is 5.32. The lowest BCUT2D eigenvalue weighted by Crippen LogP contribution is -2.40. The number of hydrogen-bond acceptors (Lipinski definition) is 6. The minimum atomic E-state index is -0.118. The molecule has 0 aliphatic carbocycles. The molecule has 0 radical (unpaired) electrons. The Balaban J connectivity index is 1.66. The van der Waals surface area contributed by atoms with E-state index in [0.29, 0.717) is 12.2 Å². The van der Waals surface area contributed by atoms with E-state index in [1.54, 1.807) is 12.4 Å². The Kier molecular flexibility index (Phi) is 5.38. The van der Waals surface area contributed by atoms with Crippen molar-refractivity contribution < 1.29 is 9.32 Å². The van der Waals surface area contributed by atoms with Crippen LogP contribution in [0.1, 0.15) is 53.8 Å². The maximum atomic E-state index is 13.1. The van der Waals surface area contributed by atoms with Gasteiger partial charge in [-0.1, -0.05) is 11.2 Å². The Morgan fingerprint density at radius 3 is 2.83 bits per heavy atom. The molecule has 1 amide bonds. The van der Waals surface area contributed by atoms with Gasteiger partial charge in [0.2, 0.25) is 5.91 Å². The average Bonchev–Trinajstić information content (AvgIpc) is 3.06. The first-order valence-corrected chi connectivity index (χ1v) is 10.00. The van der Waals surface area contributed by atoms with Crippen LogP contribution in [0.25, 0.3) is 11.3 Å². The van der Waals surface area contributed by atoms with Crippen LogP contribution in [0, 0.1) is 20.8 Å². The molecule has 4 rings (SSSR count). The monoisotopic (exact) mass is 391 g/mol. The third-order valence-corrected chi connectivity index (χ3v) is 5.36. The number of aromatic nitrogens is 4.